The summed E-state index contributed by atoms with van der Waals surface area (Å²) in [6.45, 7) is 10.3. The van der Waals surface area contributed by atoms with Crippen molar-refractivity contribution in [2.75, 3.05) is 46.0 Å². The molecule has 0 aliphatic rings. The van der Waals surface area contributed by atoms with E-state index in [-0.39, 0.29) is 25.1 Å². The first-order valence-electron chi connectivity index (χ1n) is 8.56. The molecule has 0 radical (unpaired) electrons. The Hall–Kier alpha value is -1.18. The van der Waals surface area contributed by atoms with Gasteiger partial charge >= 0.3 is 0 Å². The Morgan fingerprint density at radius 2 is 1.74 bits per heavy atom. The molecule has 0 spiro atoms. The molecule has 0 rings (SSSR count). The van der Waals surface area contributed by atoms with Gasteiger partial charge in [-0.25, -0.2) is 0 Å². The van der Waals surface area contributed by atoms with E-state index in [0.717, 1.165) is 26.1 Å². The van der Waals surface area contributed by atoms with Gasteiger partial charge in [-0.3, -0.25) is 14.5 Å². The molecule has 0 heterocycles. The van der Waals surface area contributed by atoms with Gasteiger partial charge in [0, 0.05) is 39.0 Å². The number of aliphatic hydroxyl groups excluding tert-OH is 1. The SMILES string of the molecule is CCCN(CCO)CCNCCC(=O)NCNC(=O)CC(C)C. The van der Waals surface area contributed by atoms with E-state index >= 15 is 0 Å². The second-order valence-corrected chi connectivity index (χ2v) is 6.04. The summed E-state index contributed by atoms with van der Waals surface area (Å²) in [7, 11) is 0. The van der Waals surface area contributed by atoms with Crippen LogP contribution in [0.25, 0.3) is 0 Å². The van der Waals surface area contributed by atoms with Crippen molar-refractivity contribution in [1.82, 2.24) is 20.9 Å². The van der Waals surface area contributed by atoms with Gasteiger partial charge in [0.1, 0.15) is 0 Å². The van der Waals surface area contributed by atoms with E-state index in [0.29, 0.717) is 31.8 Å². The van der Waals surface area contributed by atoms with E-state index in [1.165, 1.54) is 0 Å². The number of nitrogens with one attached hydrogen (secondary N) is 3. The molecule has 0 aromatic carbocycles. The molecule has 0 aliphatic heterocycles. The fraction of sp³-hybridized carbons (Fsp3) is 0.875. The minimum Gasteiger partial charge on any atom is -0.395 e. The molecular formula is C16H34N4O3. The molecule has 0 atom stereocenters. The molecule has 4 N–H and O–H groups in total. The highest BCUT2D eigenvalue weighted by atomic mass is 16.3. The third-order valence-electron chi connectivity index (χ3n) is 3.25. The summed E-state index contributed by atoms with van der Waals surface area (Å²) in [4.78, 5) is 25.2. The van der Waals surface area contributed by atoms with Crippen LogP contribution in [0.15, 0.2) is 0 Å². The van der Waals surface area contributed by atoms with Crippen LogP contribution < -0.4 is 16.0 Å². The lowest BCUT2D eigenvalue weighted by Crippen LogP contribution is -2.39. The predicted molar refractivity (Wildman–Crippen MR) is 91.9 cm³/mol. The van der Waals surface area contributed by atoms with Crippen molar-refractivity contribution in [2.45, 2.75) is 40.0 Å². The molecule has 0 unspecified atom stereocenters. The summed E-state index contributed by atoms with van der Waals surface area (Å²) >= 11 is 0. The molecule has 2 amide bonds. The third kappa shape index (κ3) is 14.2. The molecule has 0 fully saturated rings. The van der Waals surface area contributed by atoms with Crippen LogP contribution in [-0.2, 0) is 9.59 Å². The van der Waals surface area contributed by atoms with E-state index < -0.39 is 0 Å². The molecule has 0 aromatic rings. The van der Waals surface area contributed by atoms with Crippen LogP contribution in [0.3, 0.4) is 0 Å². The number of hydrogen-bond acceptors (Lipinski definition) is 5. The molecule has 0 aliphatic carbocycles. The number of aliphatic hydroxyl groups is 1. The van der Waals surface area contributed by atoms with E-state index in [2.05, 4.69) is 27.8 Å². The molecule has 0 saturated carbocycles. The zero-order valence-corrected chi connectivity index (χ0v) is 14.9. The van der Waals surface area contributed by atoms with Gasteiger partial charge in [-0.1, -0.05) is 20.8 Å². The Bertz CT molecular complexity index is 318. The summed E-state index contributed by atoms with van der Waals surface area (Å²) < 4.78 is 0. The fourth-order valence-electron chi connectivity index (χ4n) is 2.13. The van der Waals surface area contributed by atoms with Crippen molar-refractivity contribution in [2.24, 2.45) is 5.92 Å². The minimum absolute atomic E-state index is 0.0432. The number of nitrogens with zero attached hydrogens (tertiary/aromatic N) is 1. The second kappa shape index (κ2) is 14.4. The molecule has 0 bridgehead atoms. The summed E-state index contributed by atoms with van der Waals surface area (Å²) in [5, 5.41) is 17.5. The predicted octanol–water partition coefficient (Wildman–Crippen LogP) is -0.0936. The first-order chi connectivity index (χ1) is 11.0. The van der Waals surface area contributed by atoms with Crippen molar-refractivity contribution in [3.05, 3.63) is 0 Å². The summed E-state index contributed by atoms with van der Waals surface area (Å²) in [6, 6.07) is 0. The Labute approximate surface area is 140 Å². The Kier molecular flexibility index (Phi) is 13.7. The van der Waals surface area contributed by atoms with E-state index in [1.807, 2.05) is 13.8 Å². The smallest absolute Gasteiger partial charge is 0.222 e. The van der Waals surface area contributed by atoms with Gasteiger partial charge in [0.2, 0.25) is 11.8 Å². The second-order valence-electron chi connectivity index (χ2n) is 6.04. The van der Waals surface area contributed by atoms with Gasteiger partial charge in [-0.2, -0.15) is 0 Å². The molecule has 136 valence electrons. The maximum atomic E-state index is 11.6. The average Bonchev–Trinajstić information content (AvgIpc) is 2.46. The average molecular weight is 330 g/mol. The van der Waals surface area contributed by atoms with Crippen LogP contribution in [0.2, 0.25) is 0 Å². The van der Waals surface area contributed by atoms with Crippen molar-refractivity contribution < 1.29 is 14.7 Å². The Balaban J connectivity index is 3.57. The van der Waals surface area contributed by atoms with Crippen LogP contribution in [0.5, 0.6) is 0 Å². The van der Waals surface area contributed by atoms with E-state index in [9.17, 15) is 9.59 Å². The Morgan fingerprint density at radius 3 is 2.35 bits per heavy atom. The topological polar surface area (TPSA) is 93.7 Å². The van der Waals surface area contributed by atoms with E-state index in [4.69, 9.17) is 5.11 Å². The van der Waals surface area contributed by atoms with Crippen LogP contribution in [0, 0.1) is 5.92 Å². The largest absolute Gasteiger partial charge is 0.395 e. The Morgan fingerprint density at radius 1 is 1.04 bits per heavy atom. The third-order valence-corrected chi connectivity index (χ3v) is 3.25. The molecule has 23 heavy (non-hydrogen) atoms. The molecule has 7 heteroatoms. The standard InChI is InChI=1S/C16H34N4O3/c1-4-8-20(10-11-21)9-7-17-6-5-15(22)18-13-19-16(23)12-14(2)3/h14,17,21H,4-13H2,1-3H3,(H,18,22)(H,19,23). The lowest BCUT2D eigenvalue weighted by molar-refractivity contribution is -0.123. The van der Waals surface area contributed by atoms with Crippen LogP contribution in [0.1, 0.15) is 40.0 Å². The number of carbonyl (C=O) groups excluding carboxylic acids is 2. The normalized spacial score (nSPS) is 11.0. The van der Waals surface area contributed by atoms with Gasteiger partial charge in [-0.15, -0.1) is 0 Å². The molecule has 0 saturated heterocycles. The van der Waals surface area contributed by atoms with E-state index in [1.54, 1.807) is 0 Å². The number of hydrogen-bond donors (Lipinski definition) is 4. The van der Waals surface area contributed by atoms with Crippen molar-refractivity contribution in [1.29, 1.82) is 0 Å². The highest BCUT2D eigenvalue weighted by molar-refractivity contribution is 5.78. The highest BCUT2D eigenvalue weighted by Crippen LogP contribution is 1.97. The molecule has 7 nitrogen and oxygen atoms in total. The maximum absolute atomic E-state index is 11.6. The minimum atomic E-state index is -0.0804. The number of carbonyl (C=O) groups is 2. The van der Waals surface area contributed by atoms with Crippen molar-refractivity contribution >= 4 is 11.8 Å². The lowest BCUT2D eigenvalue weighted by Gasteiger charge is -2.20. The fourth-order valence-corrected chi connectivity index (χ4v) is 2.13. The van der Waals surface area contributed by atoms with Gasteiger partial charge in [-0.05, 0) is 18.9 Å². The van der Waals surface area contributed by atoms with Crippen LogP contribution >= 0.6 is 0 Å². The van der Waals surface area contributed by atoms with Gasteiger partial charge in [0.05, 0.1) is 13.3 Å². The zero-order valence-electron chi connectivity index (χ0n) is 14.9. The van der Waals surface area contributed by atoms with Crippen molar-refractivity contribution in [3.8, 4) is 0 Å². The quantitative estimate of drug-likeness (QED) is 0.264. The maximum Gasteiger partial charge on any atom is 0.222 e. The van der Waals surface area contributed by atoms with Crippen LogP contribution in [-0.4, -0.2) is 67.8 Å². The first-order valence-corrected chi connectivity index (χ1v) is 8.56. The molecular weight excluding hydrogens is 296 g/mol. The number of rotatable bonds is 14. The van der Waals surface area contributed by atoms with Gasteiger partial charge < -0.3 is 21.1 Å². The first kappa shape index (κ1) is 21.8. The lowest BCUT2D eigenvalue weighted by atomic mass is 10.1. The zero-order chi connectivity index (χ0) is 17.5. The summed E-state index contributed by atoms with van der Waals surface area (Å²) in [6.07, 6.45) is 1.91. The van der Waals surface area contributed by atoms with Gasteiger partial charge in [0.15, 0.2) is 0 Å². The summed E-state index contributed by atoms with van der Waals surface area (Å²) in [5.74, 6) is 0.189. The van der Waals surface area contributed by atoms with Crippen molar-refractivity contribution in [3.63, 3.8) is 0 Å². The molecule has 0 aromatic heterocycles. The van der Waals surface area contributed by atoms with Gasteiger partial charge in [0.25, 0.3) is 0 Å². The number of amides is 2. The van der Waals surface area contributed by atoms with Crippen LogP contribution in [0.4, 0.5) is 0 Å². The monoisotopic (exact) mass is 330 g/mol. The highest BCUT2D eigenvalue weighted by Gasteiger charge is 2.05. The summed E-state index contributed by atoms with van der Waals surface area (Å²) in [5.41, 5.74) is 0.